The highest BCUT2D eigenvalue weighted by molar-refractivity contribution is 7.89. The molecule has 1 aromatic heterocycles. The molecule has 1 aromatic carbocycles. The molecule has 2 aromatic rings. The van der Waals surface area contributed by atoms with E-state index in [1.165, 1.54) is 6.20 Å². The first kappa shape index (κ1) is 15.0. The second-order valence-electron chi connectivity index (χ2n) is 4.51. The summed E-state index contributed by atoms with van der Waals surface area (Å²) in [5.74, 6) is 0.691. The predicted octanol–water partition coefficient (Wildman–Crippen LogP) is 2.18. The summed E-state index contributed by atoms with van der Waals surface area (Å²) in [6, 6.07) is 7.43. The standard InChI is InChI=1S/C13H16ClN3O2S/c1-2-5-12-16-13(20(15,18)19)9-17(12)8-10-6-3-4-7-11(10)14/h3-4,6-7,9H,2,5,8H2,1H3,(H2,15,18,19). The minimum absolute atomic E-state index is 0.104. The lowest BCUT2D eigenvalue weighted by molar-refractivity contribution is 0.594. The van der Waals surface area contributed by atoms with Crippen molar-refractivity contribution >= 4 is 21.6 Å². The Labute approximate surface area is 123 Å². The van der Waals surface area contributed by atoms with E-state index in [1.54, 1.807) is 10.6 Å². The fourth-order valence-corrected chi connectivity index (χ4v) is 2.64. The highest BCUT2D eigenvalue weighted by Crippen LogP contribution is 2.18. The van der Waals surface area contributed by atoms with Gasteiger partial charge in [-0.1, -0.05) is 36.7 Å². The molecule has 0 spiro atoms. The van der Waals surface area contributed by atoms with Crippen molar-refractivity contribution in [2.45, 2.75) is 31.3 Å². The van der Waals surface area contributed by atoms with Gasteiger partial charge in [0.05, 0.1) is 6.54 Å². The first-order chi connectivity index (χ1) is 9.41. The van der Waals surface area contributed by atoms with Gasteiger partial charge in [-0.15, -0.1) is 0 Å². The molecule has 108 valence electrons. The molecule has 0 fully saturated rings. The van der Waals surface area contributed by atoms with Crippen LogP contribution in [-0.4, -0.2) is 18.0 Å². The zero-order valence-electron chi connectivity index (χ0n) is 11.1. The van der Waals surface area contributed by atoms with Gasteiger partial charge in [-0.05, 0) is 18.1 Å². The molecule has 0 saturated carbocycles. The Morgan fingerprint density at radius 2 is 2.05 bits per heavy atom. The monoisotopic (exact) mass is 313 g/mol. The van der Waals surface area contributed by atoms with Crippen LogP contribution >= 0.6 is 11.6 Å². The van der Waals surface area contributed by atoms with E-state index < -0.39 is 10.0 Å². The van der Waals surface area contributed by atoms with Crippen LogP contribution in [0, 0.1) is 0 Å². The van der Waals surface area contributed by atoms with E-state index in [2.05, 4.69) is 4.98 Å². The molecule has 5 nitrogen and oxygen atoms in total. The van der Waals surface area contributed by atoms with Crippen LogP contribution < -0.4 is 5.14 Å². The molecule has 0 saturated heterocycles. The lowest BCUT2D eigenvalue weighted by atomic mass is 10.2. The second kappa shape index (κ2) is 5.95. The van der Waals surface area contributed by atoms with Crippen molar-refractivity contribution in [3.05, 3.63) is 46.9 Å². The highest BCUT2D eigenvalue weighted by atomic mass is 35.5. The Hall–Kier alpha value is -1.37. The number of imidazole rings is 1. The third-order valence-corrected chi connectivity index (χ3v) is 4.05. The van der Waals surface area contributed by atoms with Crippen LogP contribution in [0.15, 0.2) is 35.5 Å². The van der Waals surface area contributed by atoms with Crippen LogP contribution in [0.2, 0.25) is 5.02 Å². The first-order valence-electron chi connectivity index (χ1n) is 6.24. The van der Waals surface area contributed by atoms with Gasteiger partial charge in [-0.25, -0.2) is 18.5 Å². The number of benzene rings is 1. The van der Waals surface area contributed by atoms with Crippen LogP contribution in [0.5, 0.6) is 0 Å². The summed E-state index contributed by atoms with van der Waals surface area (Å²) >= 11 is 6.12. The summed E-state index contributed by atoms with van der Waals surface area (Å²) < 4.78 is 24.6. The van der Waals surface area contributed by atoms with Crippen LogP contribution in [0.4, 0.5) is 0 Å². The molecular formula is C13H16ClN3O2S. The smallest absolute Gasteiger partial charge is 0.257 e. The van der Waals surface area contributed by atoms with Crippen molar-refractivity contribution in [2.75, 3.05) is 0 Å². The van der Waals surface area contributed by atoms with Gasteiger partial charge in [0.2, 0.25) is 0 Å². The SMILES string of the molecule is CCCc1nc(S(N)(=O)=O)cn1Cc1ccccc1Cl. The number of aryl methyl sites for hydroxylation is 1. The molecule has 7 heteroatoms. The molecule has 0 aliphatic carbocycles. The number of rotatable bonds is 5. The maximum absolute atomic E-state index is 11.4. The summed E-state index contributed by atoms with van der Waals surface area (Å²) in [4.78, 5) is 4.10. The molecule has 20 heavy (non-hydrogen) atoms. The Balaban J connectivity index is 2.40. The normalized spacial score (nSPS) is 11.8. The lowest BCUT2D eigenvalue weighted by Crippen LogP contribution is -2.12. The summed E-state index contributed by atoms with van der Waals surface area (Å²) in [5.41, 5.74) is 0.907. The maximum Gasteiger partial charge on any atom is 0.257 e. The van der Waals surface area contributed by atoms with Crippen LogP contribution in [-0.2, 0) is 23.0 Å². The molecule has 0 atom stereocenters. The third kappa shape index (κ3) is 3.39. The number of sulfonamides is 1. The maximum atomic E-state index is 11.4. The van der Waals surface area contributed by atoms with E-state index in [-0.39, 0.29) is 5.03 Å². The van der Waals surface area contributed by atoms with E-state index >= 15 is 0 Å². The zero-order chi connectivity index (χ0) is 14.8. The molecule has 0 unspecified atom stereocenters. The summed E-state index contributed by atoms with van der Waals surface area (Å²) in [7, 11) is -3.79. The first-order valence-corrected chi connectivity index (χ1v) is 8.16. The number of halogens is 1. The fourth-order valence-electron chi connectivity index (χ4n) is 1.94. The van der Waals surface area contributed by atoms with Gasteiger partial charge < -0.3 is 4.57 Å². The van der Waals surface area contributed by atoms with Crippen molar-refractivity contribution < 1.29 is 8.42 Å². The lowest BCUT2D eigenvalue weighted by Gasteiger charge is -2.08. The fraction of sp³-hybridized carbons (Fsp3) is 0.308. The zero-order valence-corrected chi connectivity index (χ0v) is 12.7. The van der Waals surface area contributed by atoms with Gasteiger partial charge in [0.25, 0.3) is 10.0 Å². The van der Waals surface area contributed by atoms with Crippen molar-refractivity contribution in [3.63, 3.8) is 0 Å². The second-order valence-corrected chi connectivity index (χ2v) is 6.43. The predicted molar refractivity (Wildman–Crippen MR) is 78.1 cm³/mol. The number of hydrogen-bond donors (Lipinski definition) is 1. The number of nitrogens with zero attached hydrogens (tertiary/aromatic N) is 2. The van der Waals surface area contributed by atoms with Crippen molar-refractivity contribution in [1.29, 1.82) is 0 Å². The molecule has 0 aliphatic rings. The van der Waals surface area contributed by atoms with Crippen LogP contribution in [0.1, 0.15) is 24.7 Å². The van der Waals surface area contributed by atoms with Gasteiger partial charge in [0.15, 0.2) is 5.03 Å². The number of aromatic nitrogens is 2. The highest BCUT2D eigenvalue weighted by Gasteiger charge is 2.16. The molecule has 0 aliphatic heterocycles. The Morgan fingerprint density at radius 3 is 2.65 bits per heavy atom. The van der Waals surface area contributed by atoms with Crippen LogP contribution in [0.3, 0.4) is 0 Å². The largest absolute Gasteiger partial charge is 0.329 e. The number of nitrogens with two attached hydrogens (primary N) is 1. The average Bonchev–Trinajstić information content (AvgIpc) is 2.76. The summed E-state index contributed by atoms with van der Waals surface area (Å²) in [6.07, 6.45) is 3.01. The Morgan fingerprint density at radius 1 is 1.35 bits per heavy atom. The minimum atomic E-state index is -3.79. The van der Waals surface area contributed by atoms with Gasteiger partial charge in [0, 0.05) is 17.6 Å². The molecule has 2 rings (SSSR count). The number of hydrogen-bond acceptors (Lipinski definition) is 3. The van der Waals surface area contributed by atoms with E-state index in [4.69, 9.17) is 16.7 Å². The van der Waals surface area contributed by atoms with Gasteiger partial charge in [-0.2, -0.15) is 0 Å². The van der Waals surface area contributed by atoms with Gasteiger partial charge >= 0.3 is 0 Å². The third-order valence-electron chi connectivity index (χ3n) is 2.90. The molecule has 0 radical (unpaired) electrons. The number of primary sulfonamides is 1. The van der Waals surface area contributed by atoms with Crippen molar-refractivity contribution in [2.24, 2.45) is 5.14 Å². The molecule has 2 N–H and O–H groups in total. The average molecular weight is 314 g/mol. The minimum Gasteiger partial charge on any atom is -0.329 e. The topological polar surface area (TPSA) is 78.0 Å². The quantitative estimate of drug-likeness (QED) is 0.919. The molecule has 0 amide bonds. The van der Waals surface area contributed by atoms with E-state index in [0.29, 0.717) is 23.8 Å². The van der Waals surface area contributed by atoms with Crippen molar-refractivity contribution in [3.8, 4) is 0 Å². The summed E-state index contributed by atoms with van der Waals surface area (Å²) in [6.45, 7) is 2.47. The Bertz CT molecular complexity index is 710. The summed E-state index contributed by atoms with van der Waals surface area (Å²) in [5, 5.41) is 5.66. The molecule has 0 bridgehead atoms. The van der Waals surface area contributed by atoms with E-state index in [1.807, 2.05) is 25.1 Å². The van der Waals surface area contributed by atoms with Crippen LogP contribution in [0.25, 0.3) is 0 Å². The molecular weight excluding hydrogens is 298 g/mol. The van der Waals surface area contributed by atoms with Gasteiger partial charge in [0.1, 0.15) is 5.82 Å². The van der Waals surface area contributed by atoms with Crippen molar-refractivity contribution in [1.82, 2.24) is 9.55 Å². The van der Waals surface area contributed by atoms with E-state index in [0.717, 1.165) is 12.0 Å². The molecule has 1 heterocycles. The Kier molecular flexibility index (Phi) is 4.47. The van der Waals surface area contributed by atoms with Gasteiger partial charge in [-0.3, -0.25) is 0 Å². The van der Waals surface area contributed by atoms with E-state index in [9.17, 15) is 8.42 Å².